The van der Waals surface area contributed by atoms with Gasteiger partial charge in [0.2, 0.25) is 0 Å². The average Bonchev–Trinajstić information content (AvgIpc) is 2.74. The van der Waals surface area contributed by atoms with Crippen molar-refractivity contribution in [3.05, 3.63) is 100 Å². The van der Waals surface area contributed by atoms with Crippen LogP contribution < -0.4 is 5.32 Å². The van der Waals surface area contributed by atoms with Gasteiger partial charge >= 0.3 is 0 Å². The summed E-state index contributed by atoms with van der Waals surface area (Å²) in [6.07, 6.45) is 4.67. The minimum Gasteiger partial charge on any atom is -0.350 e. The minimum atomic E-state index is -0.117. The number of carbonyl (C=O) groups is 1. The Labute approximate surface area is 170 Å². The molecular formula is C23H22ClN3O. The Kier molecular flexibility index (Phi) is 5.70. The van der Waals surface area contributed by atoms with Crippen molar-refractivity contribution in [1.82, 2.24) is 15.2 Å². The summed E-state index contributed by atoms with van der Waals surface area (Å²) in [5.74, 6) is -0.117. The predicted molar refractivity (Wildman–Crippen MR) is 111 cm³/mol. The fourth-order valence-corrected chi connectivity index (χ4v) is 3.93. The van der Waals surface area contributed by atoms with Crippen molar-refractivity contribution in [2.45, 2.75) is 19.0 Å². The normalized spacial score (nSPS) is 14.9. The van der Waals surface area contributed by atoms with Gasteiger partial charge < -0.3 is 5.32 Å². The highest BCUT2D eigenvalue weighted by Gasteiger charge is 2.25. The first-order valence-electron chi connectivity index (χ1n) is 9.45. The number of nitrogens with zero attached hydrogens (tertiary/aromatic N) is 2. The molecule has 1 aromatic heterocycles. The highest BCUT2D eigenvalue weighted by Crippen LogP contribution is 2.27. The zero-order valence-corrected chi connectivity index (χ0v) is 16.3. The molecule has 0 spiro atoms. The third-order valence-electron chi connectivity index (χ3n) is 5.21. The number of hydrogen-bond acceptors (Lipinski definition) is 3. The SMILES string of the molecule is O=C(NCC(c1cccnc1)N1CCc2ccccc2C1)c1cccc(Cl)c1. The molecule has 1 atom stereocenters. The molecule has 1 aliphatic heterocycles. The van der Waals surface area contributed by atoms with Gasteiger partial charge in [-0.25, -0.2) is 0 Å². The summed E-state index contributed by atoms with van der Waals surface area (Å²) in [5, 5.41) is 3.64. The maximum absolute atomic E-state index is 12.6. The quantitative estimate of drug-likeness (QED) is 0.706. The number of nitrogens with one attached hydrogen (secondary N) is 1. The van der Waals surface area contributed by atoms with Crippen molar-refractivity contribution in [2.75, 3.05) is 13.1 Å². The van der Waals surface area contributed by atoms with Crippen molar-refractivity contribution in [2.24, 2.45) is 0 Å². The maximum Gasteiger partial charge on any atom is 0.251 e. The van der Waals surface area contributed by atoms with E-state index in [-0.39, 0.29) is 11.9 Å². The molecule has 0 bridgehead atoms. The fraction of sp³-hybridized carbons (Fsp3) is 0.217. The van der Waals surface area contributed by atoms with Crippen LogP contribution in [0.4, 0.5) is 0 Å². The molecule has 1 amide bonds. The predicted octanol–water partition coefficient (Wildman–Crippen LogP) is 4.26. The van der Waals surface area contributed by atoms with Gasteiger partial charge in [-0.1, -0.05) is 48.0 Å². The first-order chi connectivity index (χ1) is 13.7. The summed E-state index contributed by atoms with van der Waals surface area (Å²) in [5.41, 5.74) is 4.44. The zero-order valence-electron chi connectivity index (χ0n) is 15.5. The Morgan fingerprint density at radius 3 is 2.75 bits per heavy atom. The van der Waals surface area contributed by atoms with Crippen LogP contribution in [0.25, 0.3) is 0 Å². The molecule has 0 aliphatic carbocycles. The molecular weight excluding hydrogens is 370 g/mol. The molecule has 1 aliphatic rings. The first kappa shape index (κ1) is 18.7. The van der Waals surface area contributed by atoms with Crippen molar-refractivity contribution in [3.63, 3.8) is 0 Å². The number of hydrogen-bond donors (Lipinski definition) is 1. The van der Waals surface area contributed by atoms with Crippen LogP contribution >= 0.6 is 11.6 Å². The average molecular weight is 392 g/mol. The Morgan fingerprint density at radius 1 is 1.11 bits per heavy atom. The minimum absolute atomic E-state index is 0.0604. The molecule has 142 valence electrons. The van der Waals surface area contributed by atoms with E-state index in [9.17, 15) is 4.79 Å². The maximum atomic E-state index is 12.6. The van der Waals surface area contributed by atoms with E-state index in [0.29, 0.717) is 17.1 Å². The van der Waals surface area contributed by atoms with E-state index in [1.165, 1.54) is 11.1 Å². The smallest absolute Gasteiger partial charge is 0.251 e. The molecule has 5 heteroatoms. The summed E-state index contributed by atoms with van der Waals surface area (Å²) < 4.78 is 0. The molecule has 0 saturated heterocycles. The number of aromatic nitrogens is 1. The van der Waals surface area contributed by atoms with Gasteiger partial charge in [-0.05, 0) is 47.4 Å². The number of rotatable bonds is 5. The van der Waals surface area contributed by atoms with Crippen LogP contribution in [0.1, 0.15) is 33.1 Å². The van der Waals surface area contributed by atoms with E-state index in [1.54, 1.807) is 30.5 Å². The summed E-state index contributed by atoms with van der Waals surface area (Å²) in [7, 11) is 0. The van der Waals surface area contributed by atoms with Crippen LogP contribution in [-0.2, 0) is 13.0 Å². The van der Waals surface area contributed by atoms with Gasteiger partial charge in [0.25, 0.3) is 5.91 Å². The molecule has 1 N–H and O–H groups in total. The summed E-state index contributed by atoms with van der Waals surface area (Å²) in [4.78, 5) is 19.3. The van der Waals surface area contributed by atoms with E-state index in [0.717, 1.165) is 25.1 Å². The third-order valence-corrected chi connectivity index (χ3v) is 5.45. The van der Waals surface area contributed by atoms with E-state index < -0.39 is 0 Å². The molecule has 4 rings (SSSR count). The molecule has 1 unspecified atom stereocenters. The molecule has 4 nitrogen and oxygen atoms in total. The van der Waals surface area contributed by atoms with Crippen molar-refractivity contribution in [1.29, 1.82) is 0 Å². The lowest BCUT2D eigenvalue weighted by Gasteiger charge is -2.36. The molecule has 0 radical (unpaired) electrons. The Balaban J connectivity index is 1.53. The summed E-state index contributed by atoms with van der Waals surface area (Å²) in [6, 6.07) is 19.7. The van der Waals surface area contributed by atoms with Crippen molar-refractivity contribution in [3.8, 4) is 0 Å². The van der Waals surface area contributed by atoms with Crippen molar-refractivity contribution < 1.29 is 4.79 Å². The number of halogens is 1. The largest absolute Gasteiger partial charge is 0.350 e. The fourth-order valence-electron chi connectivity index (χ4n) is 3.74. The number of amides is 1. The number of pyridine rings is 1. The van der Waals surface area contributed by atoms with Gasteiger partial charge in [-0.2, -0.15) is 0 Å². The number of carbonyl (C=O) groups excluding carboxylic acids is 1. The molecule has 28 heavy (non-hydrogen) atoms. The lowest BCUT2D eigenvalue weighted by molar-refractivity contribution is 0.0927. The van der Waals surface area contributed by atoms with Gasteiger partial charge in [0.1, 0.15) is 0 Å². The van der Waals surface area contributed by atoms with E-state index in [4.69, 9.17) is 11.6 Å². The second-order valence-corrected chi connectivity index (χ2v) is 7.45. The van der Waals surface area contributed by atoms with E-state index in [2.05, 4.69) is 45.5 Å². The van der Waals surface area contributed by atoms with Crippen LogP contribution in [-0.4, -0.2) is 28.9 Å². The van der Waals surface area contributed by atoms with Crippen molar-refractivity contribution >= 4 is 17.5 Å². The topological polar surface area (TPSA) is 45.2 Å². The molecule has 0 fully saturated rings. The lowest BCUT2D eigenvalue weighted by Crippen LogP contribution is -2.40. The molecule has 3 aromatic rings. The van der Waals surface area contributed by atoms with Gasteiger partial charge in [0.05, 0.1) is 6.04 Å². The van der Waals surface area contributed by atoms with Crippen LogP contribution in [0.15, 0.2) is 73.1 Å². The van der Waals surface area contributed by atoms with Gasteiger partial charge in [-0.15, -0.1) is 0 Å². The number of benzene rings is 2. The van der Waals surface area contributed by atoms with Crippen LogP contribution in [0.3, 0.4) is 0 Å². The lowest BCUT2D eigenvalue weighted by atomic mass is 9.97. The second-order valence-electron chi connectivity index (χ2n) is 7.01. The standard InChI is InChI=1S/C23H22ClN3O/c24-21-9-3-7-18(13-21)23(28)26-15-22(19-8-4-11-25-14-19)27-12-10-17-5-1-2-6-20(17)16-27/h1-9,11,13-14,22H,10,12,15-16H2,(H,26,28). The highest BCUT2D eigenvalue weighted by atomic mass is 35.5. The highest BCUT2D eigenvalue weighted by molar-refractivity contribution is 6.30. The molecule has 0 saturated carbocycles. The summed E-state index contributed by atoms with van der Waals surface area (Å²) in [6.45, 7) is 2.32. The third kappa shape index (κ3) is 4.24. The van der Waals surface area contributed by atoms with E-state index >= 15 is 0 Å². The van der Waals surface area contributed by atoms with Crippen LogP contribution in [0, 0.1) is 0 Å². The Hall–Kier alpha value is -2.69. The summed E-state index contributed by atoms with van der Waals surface area (Å²) >= 11 is 6.02. The zero-order chi connectivity index (χ0) is 19.3. The Morgan fingerprint density at radius 2 is 1.96 bits per heavy atom. The van der Waals surface area contributed by atoms with Crippen LogP contribution in [0.2, 0.25) is 5.02 Å². The van der Waals surface area contributed by atoms with Gasteiger partial charge in [-0.3, -0.25) is 14.7 Å². The monoisotopic (exact) mass is 391 g/mol. The molecule has 2 heterocycles. The van der Waals surface area contributed by atoms with Gasteiger partial charge in [0, 0.05) is 42.6 Å². The van der Waals surface area contributed by atoms with Crippen LogP contribution in [0.5, 0.6) is 0 Å². The first-order valence-corrected chi connectivity index (χ1v) is 9.83. The van der Waals surface area contributed by atoms with Gasteiger partial charge in [0.15, 0.2) is 0 Å². The molecule has 2 aromatic carbocycles. The van der Waals surface area contributed by atoms with E-state index in [1.807, 2.05) is 12.3 Å². The second kappa shape index (κ2) is 8.55. The number of fused-ring (bicyclic) bond motifs is 1. The Bertz CT molecular complexity index is 961.